The van der Waals surface area contributed by atoms with E-state index in [1.165, 1.54) is 12.1 Å². The first kappa shape index (κ1) is 20.2. The van der Waals surface area contributed by atoms with E-state index in [4.69, 9.17) is 14.6 Å². The zero-order valence-corrected chi connectivity index (χ0v) is 18.1. The number of Topliss-reactive ketones (excluding diaryl/α,β-unsaturated/α-hetero) is 1. The van der Waals surface area contributed by atoms with Gasteiger partial charge in [-0.05, 0) is 54.7 Å². The minimum atomic E-state index is -0.295. The Labute approximate surface area is 184 Å². The number of halogens is 1. The Morgan fingerprint density at radius 2 is 1.78 bits per heavy atom. The molecule has 0 saturated heterocycles. The van der Waals surface area contributed by atoms with E-state index in [9.17, 15) is 9.18 Å². The molecule has 1 aliphatic rings. The monoisotopic (exact) mass is 431 g/mol. The van der Waals surface area contributed by atoms with E-state index in [1.807, 2.05) is 25.1 Å². The molecule has 1 aliphatic carbocycles. The molecule has 2 heterocycles. The van der Waals surface area contributed by atoms with Gasteiger partial charge in [-0.2, -0.15) is 5.10 Å². The molecule has 7 heteroatoms. The van der Waals surface area contributed by atoms with Crippen LogP contribution in [-0.4, -0.2) is 34.6 Å². The lowest BCUT2D eigenvalue weighted by atomic mass is 9.82. The zero-order valence-electron chi connectivity index (χ0n) is 18.1. The van der Waals surface area contributed by atoms with E-state index in [-0.39, 0.29) is 17.5 Å². The second-order valence-electron chi connectivity index (χ2n) is 7.96. The number of ketones is 1. The third-order valence-electron chi connectivity index (χ3n) is 6.10. The molecular formula is C25H22FN3O3. The lowest BCUT2D eigenvalue weighted by Gasteiger charge is -2.24. The molecule has 6 nitrogen and oxygen atoms in total. The summed E-state index contributed by atoms with van der Waals surface area (Å²) in [4.78, 5) is 17.6. The van der Waals surface area contributed by atoms with Gasteiger partial charge in [0.25, 0.3) is 0 Å². The number of aryl methyl sites for hydroxylation is 1. The average Bonchev–Trinajstić information content (AvgIpc) is 3.15. The van der Waals surface area contributed by atoms with Gasteiger partial charge in [0, 0.05) is 18.2 Å². The SMILES string of the molecule is COc1ccc([C@H]2CC(=O)c3cnc4c(-c5ccc(F)cc5)c(C)nn4c3C2)cc1OC. The number of ether oxygens (including phenoxy) is 2. The highest BCUT2D eigenvalue weighted by atomic mass is 19.1. The first-order valence-electron chi connectivity index (χ1n) is 10.4. The number of fused-ring (bicyclic) bond motifs is 3. The molecule has 0 spiro atoms. The number of hydrogen-bond donors (Lipinski definition) is 0. The number of aromatic nitrogens is 3. The van der Waals surface area contributed by atoms with Crippen molar-refractivity contribution < 1.29 is 18.7 Å². The second kappa shape index (κ2) is 7.75. The van der Waals surface area contributed by atoms with Gasteiger partial charge in [0.2, 0.25) is 0 Å². The molecule has 0 N–H and O–H groups in total. The molecule has 32 heavy (non-hydrogen) atoms. The van der Waals surface area contributed by atoms with Crippen LogP contribution in [0.2, 0.25) is 0 Å². The van der Waals surface area contributed by atoms with Gasteiger partial charge in [-0.15, -0.1) is 0 Å². The number of nitrogens with zero attached hydrogens (tertiary/aromatic N) is 3. The van der Waals surface area contributed by atoms with E-state index >= 15 is 0 Å². The van der Waals surface area contributed by atoms with Gasteiger partial charge in [0.05, 0.1) is 31.2 Å². The van der Waals surface area contributed by atoms with Crippen molar-refractivity contribution in [1.82, 2.24) is 14.6 Å². The topological polar surface area (TPSA) is 65.7 Å². The fourth-order valence-corrected chi connectivity index (χ4v) is 4.50. The lowest BCUT2D eigenvalue weighted by Crippen LogP contribution is -2.22. The molecule has 162 valence electrons. The minimum Gasteiger partial charge on any atom is -0.493 e. The third kappa shape index (κ3) is 3.21. The number of methoxy groups -OCH3 is 2. The Morgan fingerprint density at radius 3 is 2.50 bits per heavy atom. The summed E-state index contributed by atoms with van der Waals surface area (Å²) in [5, 5.41) is 4.71. The molecule has 0 saturated carbocycles. The highest BCUT2D eigenvalue weighted by Gasteiger charge is 2.30. The Bertz CT molecular complexity index is 1350. The Balaban J connectivity index is 1.61. The van der Waals surface area contributed by atoms with Gasteiger partial charge in [0.1, 0.15) is 5.82 Å². The maximum absolute atomic E-state index is 13.4. The van der Waals surface area contributed by atoms with Crippen LogP contribution < -0.4 is 9.47 Å². The summed E-state index contributed by atoms with van der Waals surface area (Å²) < 4.78 is 26.0. The van der Waals surface area contributed by atoms with E-state index < -0.39 is 0 Å². The molecule has 2 aromatic heterocycles. The summed E-state index contributed by atoms with van der Waals surface area (Å²) >= 11 is 0. The van der Waals surface area contributed by atoms with Gasteiger partial charge in [-0.25, -0.2) is 13.9 Å². The van der Waals surface area contributed by atoms with E-state index in [1.54, 1.807) is 37.1 Å². The van der Waals surface area contributed by atoms with Crippen LogP contribution in [0.4, 0.5) is 4.39 Å². The zero-order chi connectivity index (χ0) is 22.4. The fourth-order valence-electron chi connectivity index (χ4n) is 4.50. The average molecular weight is 431 g/mol. The van der Waals surface area contributed by atoms with E-state index in [0.29, 0.717) is 35.6 Å². The summed E-state index contributed by atoms with van der Waals surface area (Å²) in [7, 11) is 3.20. The Hall–Kier alpha value is -3.74. The molecule has 0 bridgehead atoms. The van der Waals surface area contributed by atoms with Crippen LogP contribution in [0, 0.1) is 12.7 Å². The van der Waals surface area contributed by atoms with Crippen molar-refractivity contribution in [3.63, 3.8) is 0 Å². The molecule has 0 radical (unpaired) electrons. The summed E-state index contributed by atoms with van der Waals surface area (Å²) in [6.45, 7) is 1.90. The largest absolute Gasteiger partial charge is 0.493 e. The van der Waals surface area contributed by atoms with Gasteiger partial charge in [-0.3, -0.25) is 4.79 Å². The fraction of sp³-hybridized carbons (Fsp3) is 0.240. The van der Waals surface area contributed by atoms with Crippen molar-refractivity contribution >= 4 is 11.4 Å². The van der Waals surface area contributed by atoms with Gasteiger partial charge < -0.3 is 9.47 Å². The maximum Gasteiger partial charge on any atom is 0.166 e. The predicted molar refractivity (Wildman–Crippen MR) is 118 cm³/mol. The smallest absolute Gasteiger partial charge is 0.166 e. The van der Waals surface area contributed by atoms with Crippen LogP contribution in [0.1, 0.15) is 39.6 Å². The Kier molecular flexibility index (Phi) is 4.89. The number of hydrogen-bond acceptors (Lipinski definition) is 5. The van der Waals surface area contributed by atoms with Gasteiger partial charge >= 0.3 is 0 Å². The highest BCUT2D eigenvalue weighted by Crippen LogP contribution is 2.38. The number of carbonyl (C=O) groups is 1. The second-order valence-corrected chi connectivity index (χ2v) is 7.96. The molecule has 4 aromatic rings. The predicted octanol–water partition coefficient (Wildman–Crippen LogP) is 4.77. The molecule has 0 unspecified atom stereocenters. The molecule has 1 atom stereocenters. The van der Waals surface area contributed by atoms with Crippen molar-refractivity contribution in [2.75, 3.05) is 14.2 Å². The first-order valence-corrected chi connectivity index (χ1v) is 10.4. The summed E-state index contributed by atoms with van der Waals surface area (Å²) in [6.07, 6.45) is 2.67. The highest BCUT2D eigenvalue weighted by molar-refractivity contribution is 5.99. The van der Waals surface area contributed by atoms with Crippen LogP contribution in [0.15, 0.2) is 48.7 Å². The standard InChI is InChI=1S/C25H22FN3O3/c1-14-24(15-4-7-18(26)8-5-15)25-27-13-19-20(29(25)28-14)10-17(11-21(19)30)16-6-9-22(31-2)23(12-16)32-3/h4-9,12-13,17H,10-11H2,1-3H3/t17-/m1/s1. The molecular weight excluding hydrogens is 409 g/mol. The first-order chi connectivity index (χ1) is 15.5. The summed E-state index contributed by atoms with van der Waals surface area (Å²) in [5.74, 6) is 1.02. The number of benzene rings is 2. The molecule has 0 amide bonds. The maximum atomic E-state index is 13.4. The molecule has 0 aliphatic heterocycles. The third-order valence-corrected chi connectivity index (χ3v) is 6.10. The minimum absolute atomic E-state index is 0.0146. The summed E-state index contributed by atoms with van der Waals surface area (Å²) in [5.41, 5.74) is 5.56. The van der Waals surface area contributed by atoms with Gasteiger partial charge in [-0.1, -0.05) is 18.2 Å². The van der Waals surface area contributed by atoms with Gasteiger partial charge in [0.15, 0.2) is 22.9 Å². The molecule has 5 rings (SSSR count). The summed E-state index contributed by atoms with van der Waals surface area (Å²) in [6, 6.07) is 12.1. The van der Waals surface area contributed by atoms with Crippen molar-refractivity contribution in [3.8, 4) is 22.6 Å². The van der Waals surface area contributed by atoms with Crippen molar-refractivity contribution in [3.05, 3.63) is 77.0 Å². The number of carbonyl (C=O) groups excluding carboxylic acids is 1. The van der Waals surface area contributed by atoms with Crippen LogP contribution in [0.25, 0.3) is 16.8 Å². The van der Waals surface area contributed by atoms with Crippen LogP contribution in [0.3, 0.4) is 0 Å². The van der Waals surface area contributed by atoms with Crippen molar-refractivity contribution in [2.24, 2.45) is 0 Å². The van der Waals surface area contributed by atoms with Crippen LogP contribution in [0.5, 0.6) is 11.5 Å². The van der Waals surface area contributed by atoms with Crippen LogP contribution >= 0.6 is 0 Å². The number of rotatable bonds is 4. The van der Waals surface area contributed by atoms with E-state index in [0.717, 1.165) is 28.1 Å². The lowest BCUT2D eigenvalue weighted by molar-refractivity contribution is 0.0962. The van der Waals surface area contributed by atoms with Crippen molar-refractivity contribution in [2.45, 2.75) is 25.7 Å². The van der Waals surface area contributed by atoms with Crippen LogP contribution in [-0.2, 0) is 6.42 Å². The van der Waals surface area contributed by atoms with Crippen molar-refractivity contribution in [1.29, 1.82) is 0 Å². The molecule has 2 aromatic carbocycles. The quantitative estimate of drug-likeness (QED) is 0.466. The Morgan fingerprint density at radius 1 is 1.03 bits per heavy atom. The van der Waals surface area contributed by atoms with E-state index in [2.05, 4.69) is 4.98 Å². The molecule has 0 fully saturated rings. The normalized spacial score (nSPS) is 15.6.